The highest BCUT2D eigenvalue weighted by atomic mass is 32.1. The first kappa shape index (κ1) is 7.80. The molecule has 0 saturated carbocycles. The minimum absolute atomic E-state index is 0.103. The molecule has 1 aromatic heterocycles. The molecule has 0 spiro atoms. The van der Waals surface area contributed by atoms with Gasteiger partial charge >= 0.3 is 0 Å². The van der Waals surface area contributed by atoms with Crippen LogP contribution in [0.5, 0.6) is 0 Å². The van der Waals surface area contributed by atoms with Gasteiger partial charge in [0.1, 0.15) is 0 Å². The molecule has 0 radical (unpaired) electrons. The minimum Gasteiger partial charge on any atom is -0.352 e. The van der Waals surface area contributed by atoms with Gasteiger partial charge in [-0.25, -0.2) is 0 Å². The zero-order valence-electron chi connectivity index (χ0n) is 6.80. The fraction of sp³-hybridized carbons (Fsp3) is 0.444. The Bertz CT molecular complexity index is 292. The Kier molecular flexibility index (Phi) is 2.13. The van der Waals surface area contributed by atoms with Crippen molar-refractivity contribution >= 4 is 17.2 Å². The summed E-state index contributed by atoms with van der Waals surface area (Å²) in [5, 5.41) is 4.89. The van der Waals surface area contributed by atoms with E-state index in [0.717, 1.165) is 24.9 Å². The van der Waals surface area contributed by atoms with Crippen molar-refractivity contribution in [1.82, 2.24) is 5.32 Å². The number of nitrogens with one attached hydrogen (secondary N) is 1. The average Bonchev–Trinajstić information content (AvgIpc) is 2.47. The molecule has 1 aromatic rings. The summed E-state index contributed by atoms with van der Waals surface area (Å²) in [7, 11) is 0. The Morgan fingerprint density at radius 3 is 3.25 bits per heavy atom. The molecule has 2 heterocycles. The minimum atomic E-state index is 0.103. The van der Waals surface area contributed by atoms with E-state index in [4.69, 9.17) is 0 Å². The quantitative estimate of drug-likeness (QED) is 0.650. The fourth-order valence-electron chi connectivity index (χ4n) is 1.44. The lowest BCUT2D eigenvalue weighted by Crippen LogP contribution is -2.26. The molecule has 0 fully saturated rings. The lowest BCUT2D eigenvalue weighted by molar-refractivity contribution is 0.0950. The number of carbonyl (C=O) groups excluding carboxylic acids is 1. The highest BCUT2D eigenvalue weighted by Gasteiger charge is 2.13. The maximum absolute atomic E-state index is 11.4. The summed E-state index contributed by atoms with van der Waals surface area (Å²) in [6, 6.07) is 1.92. The zero-order chi connectivity index (χ0) is 8.39. The van der Waals surface area contributed by atoms with Crippen LogP contribution in [-0.2, 0) is 6.42 Å². The van der Waals surface area contributed by atoms with Crippen LogP contribution in [0.3, 0.4) is 0 Å². The number of carbonyl (C=O) groups is 1. The van der Waals surface area contributed by atoms with Crippen molar-refractivity contribution in [2.75, 3.05) is 6.54 Å². The van der Waals surface area contributed by atoms with E-state index in [1.54, 1.807) is 11.3 Å². The number of hydrogen-bond donors (Lipinski definition) is 1. The van der Waals surface area contributed by atoms with Crippen LogP contribution in [0, 0.1) is 0 Å². The van der Waals surface area contributed by atoms with Gasteiger partial charge in [0.25, 0.3) is 5.91 Å². The number of hydrogen-bond acceptors (Lipinski definition) is 2. The second-order valence-electron chi connectivity index (χ2n) is 2.97. The molecule has 64 valence electrons. The highest BCUT2D eigenvalue weighted by molar-refractivity contribution is 7.10. The summed E-state index contributed by atoms with van der Waals surface area (Å²) in [5.41, 5.74) is 0.889. The van der Waals surface area contributed by atoms with Crippen LogP contribution in [0.25, 0.3) is 0 Å². The van der Waals surface area contributed by atoms with Crippen LogP contribution in [-0.4, -0.2) is 12.5 Å². The molecule has 1 aliphatic rings. The van der Waals surface area contributed by atoms with Crippen molar-refractivity contribution in [3.63, 3.8) is 0 Å². The molecule has 1 N–H and O–H groups in total. The maximum Gasteiger partial charge on any atom is 0.252 e. The maximum atomic E-state index is 11.4. The molecule has 0 unspecified atom stereocenters. The Labute approximate surface area is 75.6 Å². The van der Waals surface area contributed by atoms with Gasteiger partial charge in [0.05, 0.1) is 5.56 Å². The zero-order valence-corrected chi connectivity index (χ0v) is 7.62. The van der Waals surface area contributed by atoms with Crippen molar-refractivity contribution in [1.29, 1.82) is 0 Å². The molecule has 0 atom stereocenters. The summed E-state index contributed by atoms with van der Waals surface area (Å²) in [6.07, 6.45) is 3.36. The first-order chi connectivity index (χ1) is 5.88. The van der Waals surface area contributed by atoms with Crippen molar-refractivity contribution in [3.05, 3.63) is 21.9 Å². The fourth-order valence-corrected chi connectivity index (χ4v) is 2.36. The topological polar surface area (TPSA) is 29.1 Å². The number of rotatable bonds is 0. The number of thiophene rings is 1. The average molecular weight is 181 g/mol. The van der Waals surface area contributed by atoms with Gasteiger partial charge in [-0.15, -0.1) is 11.3 Å². The second-order valence-corrected chi connectivity index (χ2v) is 3.97. The normalized spacial score (nSPS) is 17.5. The van der Waals surface area contributed by atoms with Crippen LogP contribution in [0.15, 0.2) is 11.4 Å². The van der Waals surface area contributed by atoms with Gasteiger partial charge in [-0.2, -0.15) is 0 Å². The molecule has 2 nitrogen and oxygen atoms in total. The predicted octanol–water partition coefficient (Wildman–Crippen LogP) is 1.81. The summed E-state index contributed by atoms with van der Waals surface area (Å²) in [4.78, 5) is 12.7. The molecule has 0 saturated heterocycles. The lowest BCUT2D eigenvalue weighted by Gasteiger charge is -2.09. The van der Waals surface area contributed by atoms with E-state index in [2.05, 4.69) is 5.32 Å². The standard InChI is InChI=1S/C9H11NOS/c11-9-7-4-6-12-8(7)3-1-2-5-10-9/h4,6H,1-3,5H2,(H,10,11). The lowest BCUT2D eigenvalue weighted by atomic mass is 10.1. The molecule has 0 bridgehead atoms. The Morgan fingerprint density at radius 2 is 2.33 bits per heavy atom. The molecule has 1 amide bonds. The van der Waals surface area contributed by atoms with E-state index >= 15 is 0 Å². The van der Waals surface area contributed by atoms with E-state index in [1.807, 2.05) is 11.4 Å². The molecule has 12 heavy (non-hydrogen) atoms. The predicted molar refractivity (Wildman–Crippen MR) is 49.6 cm³/mol. The second kappa shape index (κ2) is 3.27. The van der Waals surface area contributed by atoms with Gasteiger partial charge in [-0.3, -0.25) is 4.79 Å². The Hall–Kier alpha value is -0.830. The van der Waals surface area contributed by atoms with E-state index < -0.39 is 0 Å². The number of amides is 1. The first-order valence-electron chi connectivity index (χ1n) is 4.22. The molecule has 3 heteroatoms. The Balaban J connectivity index is 2.32. The number of fused-ring (bicyclic) bond motifs is 1. The largest absolute Gasteiger partial charge is 0.352 e. The van der Waals surface area contributed by atoms with E-state index in [-0.39, 0.29) is 5.91 Å². The van der Waals surface area contributed by atoms with Crippen molar-refractivity contribution in [2.45, 2.75) is 19.3 Å². The summed E-state index contributed by atoms with van der Waals surface area (Å²) >= 11 is 1.69. The van der Waals surface area contributed by atoms with Gasteiger partial charge in [0, 0.05) is 11.4 Å². The van der Waals surface area contributed by atoms with Gasteiger partial charge in [0.2, 0.25) is 0 Å². The van der Waals surface area contributed by atoms with Crippen LogP contribution < -0.4 is 5.32 Å². The number of aryl methyl sites for hydroxylation is 1. The van der Waals surface area contributed by atoms with Crippen LogP contribution >= 0.6 is 11.3 Å². The molecule has 0 aliphatic carbocycles. The van der Waals surface area contributed by atoms with Crippen molar-refractivity contribution < 1.29 is 4.79 Å². The summed E-state index contributed by atoms with van der Waals surface area (Å²) < 4.78 is 0. The van der Waals surface area contributed by atoms with Gasteiger partial charge in [-0.1, -0.05) is 0 Å². The van der Waals surface area contributed by atoms with Gasteiger partial charge in [-0.05, 0) is 30.7 Å². The first-order valence-corrected chi connectivity index (χ1v) is 5.10. The van der Waals surface area contributed by atoms with Crippen LogP contribution in [0.2, 0.25) is 0 Å². The van der Waals surface area contributed by atoms with E-state index in [9.17, 15) is 4.79 Å². The SMILES string of the molecule is O=C1NCCCCc2sccc21. The smallest absolute Gasteiger partial charge is 0.252 e. The van der Waals surface area contributed by atoms with E-state index in [0.29, 0.717) is 0 Å². The molecule has 0 aromatic carbocycles. The van der Waals surface area contributed by atoms with Crippen LogP contribution in [0.1, 0.15) is 28.1 Å². The van der Waals surface area contributed by atoms with Crippen LogP contribution in [0.4, 0.5) is 0 Å². The highest BCUT2D eigenvalue weighted by Crippen LogP contribution is 2.20. The molecular formula is C9H11NOS. The third-order valence-electron chi connectivity index (χ3n) is 2.11. The monoisotopic (exact) mass is 181 g/mol. The van der Waals surface area contributed by atoms with Crippen molar-refractivity contribution in [3.8, 4) is 0 Å². The third kappa shape index (κ3) is 1.37. The molecule has 2 rings (SSSR count). The summed E-state index contributed by atoms with van der Waals surface area (Å²) in [5.74, 6) is 0.103. The van der Waals surface area contributed by atoms with Crippen molar-refractivity contribution in [2.24, 2.45) is 0 Å². The molecule has 1 aliphatic heterocycles. The van der Waals surface area contributed by atoms with Gasteiger partial charge in [0.15, 0.2) is 0 Å². The van der Waals surface area contributed by atoms with Gasteiger partial charge < -0.3 is 5.32 Å². The Morgan fingerprint density at radius 1 is 1.42 bits per heavy atom. The van der Waals surface area contributed by atoms with E-state index in [1.165, 1.54) is 11.3 Å². The summed E-state index contributed by atoms with van der Waals surface area (Å²) in [6.45, 7) is 0.827. The third-order valence-corrected chi connectivity index (χ3v) is 3.09. The molecular weight excluding hydrogens is 170 g/mol.